The van der Waals surface area contributed by atoms with Crippen molar-refractivity contribution in [3.8, 4) is 0 Å². The maximum Gasteiger partial charge on any atom is 0.219 e. The van der Waals surface area contributed by atoms with Crippen LogP contribution in [0.1, 0.15) is 27.2 Å². The highest BCUT2D eigenvalue weighted by molar-refractivity contribution is 7.91. The molecule has 1 atom stereocenters. The van der Waals surface area contributed by atoms with Gasteiger partial charge in [-0.3, -0.25) is 4.79 Å². The number of sulfone groups is 1. The molecule has 1 heterocycles. The molecule has 0 aliphatic carbocycles. The van der Waals surface area contributed by atoms with E-state index in [1.807, 2.05) is 13.8 Å². The molecule has 1 saturated heterocycles. The predicted octanol–water partition coefficient (Wildman–Crippen LogP) is 0.430. The second kappa shape index (κ2) is 3.88. The van der Waals surface area contributed by atoms with Crippen LogP contribution in [0.15, 0.2) is 0 Å². The third-order valence-corrected chi connectivity index (χ3v) is 4.27. The average Bonchev–Trinajstić information content (AvgIpc) is 2.28. The van der Waals surface area contributed by atoms with Crippen LogP contribution in [0.4, 0.5) is 0 Å². The summed E-state index contributed by atoms with van der Waals surface area (Å²) in [6, 6.07) is -0.0386. The van der Waals surface area contributed by atoms with E-state index in [1.54, 1.807) is 4.90 Å². The fourth-order valence-corrected chi connectivity index (χ4v) is 3.75. The van der Waals surface area contributed by atoms with E-state index in [0.717, 1.165) is 0 Å². The largest absolute Gasteiger partial charge is 0.336 e. The summed E-state index contributed by atoms with van der Waals surface area (Å²) in [5.41, 5.74) is 0. The van der Waals surface area contributed by atoms with E-state index < -0.39 is 9.84 Å². The van der Waals surface area contributed by atoms with Crippen LogP contribution >= 0.6 is 0 Å². The molecular formula is C9H17NO3S. The Morgan fingerprint density at radius 3 is 2.29 bits per heavy atom. The van der Waals surface area contributed by atoms with Crippen molar-refractivity contribution >= 4 is 15.7 Å². The molecule has 14 heavy (non-hydrogen) atoms. The Balaban J connectivity index is 2.78. The number of nitrogens with zero attached hydrogens (tertiary/aromatic N) is 1. The van der Waals surface area contributed by atoms with Crippen molar-refractivity contribution in [2.45, 2.75) is 39.3 Å². The second-order valence-electron chi connectivity index (χ2n) is 4.08. The van der Waals surface area contributed by atoms with E-state index >= 15 is 0 Å². The van der Waals surface area contributed by atoms with Crippen molar-refractivity contribution in [2.24, 2.45) is 0 Å². The fourth-order valence-electron chi connectivity index (χ4n) is 2.04. The van der Waals surface area contributed by atoms with Gasteiger partial charge in [0, 0.05) is 19.0 Å². The smallest absolute Gasteiger partial charge is 0.219 e. The first-order valence-electron chi connectivity index (χ1n) is 4.83. The number of hydrogen-bond donors (Lipinski definition) is 0. The maximum atomic E-state index is 11.3. The lowest BCUT2D eigenvalue weighted by molar-refractivity contribution is -0.132. The zero-order valence-corrected chi connectivity index (χ0v) is 9.67. The lowest BCUT2D eigenvalue weighted by Gasteiger charge is -2.30. The number of amides is 1. The van der Waals surface area contributed by atoms with Crippen molar-refractivity contribution in [3.05, 3.63) is 0 Å². The summed E-state index contributed by atoms with van der Waals surface area (Å²) in [5, 5.41) is 0. The standard InChI is InChI=1S/C9H17NO3S/c1-7(2)10(8(3)11)9-4-5-14(12,13)6-9/h7,9H,4-6H2,1-3H3/t9-/m0/s1. The Morgan fingerprint density at radius 1 is 1.43 bits per heavy atom. The Bertz CT molecular complexity index is 321. The Hall–Kier alpha value is -0.580. The molecule has 0 unspecified atom stereocenters. The molecule has 0 spiro atoms. The molecule has 0 radical (unpaired) electrons. The minimum atomic E-state index is -2.90. The van der Waals surface area contributed by atoms with E-state index in [4.69, 9.17) is 0 Å². The first-order chi connectivity index (χ1) is 6.33. The van der Waals surface area contributed by atoms with Gasteiger partial charge in [0.25, 0.3) is 0 Å². The molecule has 1 fully saturated rings. The summed E-state index contributed by atoms with van der Waals surface area (Å²) < 4.78 is 22.5. The zero-order chi connectivity index (χ0) is 10.9. The predicted molar refractivity (Wildman–Crippen MR) is 54.7 cm³/mol. The van der Waals surface area contributed by atoms with Crippen LogP contribution in [0.3, 0.4) is 0 Å². The van der Waals surface area contributed by atoms with E-state index in [1.165, 1.54) is 6.92 Å². The number of hydrogen-bond acceptors (Lipinski definition) is 3. The molecule has 82 valence electrons. The molecule has 1 aliphatic heterocycles. The quantitative estimate of drug-likeness (QED) is 0.677. The second-order valence-corrected chi connectivity index (χ2v) is 6.31. The molecule has 0 aromatic rings. The van der Waals surface area contributed by atoms with Crippen molar-refractivity contribution in [3.63, 3.8) is 0 Å². The SMILES string of the molecule is CC(=O)N(C(C)C)[C@H]1CCS(=O)(=O)C1. The summed E-state index contributed by atoms with van der Waals surface area (Å²) in [4.78, 5) is 13.0. The van der Waals surface area contributed by atoms with Gasteiger partial charge < -0.3 is 4.90 Å². The van der Waals surface area contributed by atoms with Crippen molar-refractivity contribution in [2.75, 3.05) is 11.5 Å². The van der Waals surface area contributed by atoms with Crippen LogP contribution < -0.4 is 0 Å². The molecule has 1 amide bonds. The summed E-state index contributed by atoms with van der Waals surface area (Å²) in [5.74, 6) is 0.306. The van der Waals surface area contributed by atoms with Gasteiger partial charge in [0.2, 0.25) is 5.91 Å². The molecule has 5 heteroatoms. The topological polar surface area (TPSA) is 54.5 Å². The summed E-state index contributed by atoms with van der Waals surface area (Å²) in [6.45, 7) is 5.31. The minimum absolute atomic E-state index is 0.0397. The van der Waals surface area contributed by atoms with Crippen LogP contribution in [-0.2, 0) is 14.6 Å². The van der Waals surface area contributed by atoms with Crippen molar-refractivity contribution < 1.29 is 13.2 Å². The van der Waals surface area contributed by atoms with E-state index in [9.17, 15) is 13.2 Å². The Labute approximate surface area is 85.2 Å². The lowest BCUT2D eigenvalue weighted by Crippen LogP contribution is -2.44. The lowest BCUT2D eigenvalue weighted by atomic mass is 10.2. The fraction of sp³-hybridized carbons (Fsp3) is 0.889. The van der Waals surface area contributed by atoms with Crippen LogP contribution in [0.25, 0.3) is 0 Å². The number of carbonyl (C=O) groups excluding carboxylic acids is 1. The average molecular weight is 219 g/mol. The highest BCUT2D eigenvalue weighted by Crippen LogP contribution is 2.19. The minimum Gasteiger partial charge on any atom is -0.336 e. The number of carbonyl (C=O) groups is 1. The molecule has 1 rings (SSSR count). The van der Waals surface area contributed by atoms with Gasteiger partial charge in [0.15, 0.2) is 9.84 Å². The first-order valence-corrected chi connectivity index (χ1v) is 6.65. The van der Waals surface area contributed by atoms with Gasteiger partial charge in [-0.25, -0.2) is 8.42 Å². The first kappa shape index (κ1) is 11.5. The molecule has 0 bridgehead atoms. The highest BCUT2D eigenvalue weighted by atomic mass is 32.2. The molecular weight excluding hydrogens is 202 g/mol. The molecule has 0 N–H and O–H groups in total. The monoisotopic (exact) mass is 219 g/mol. The van der Waals surface area contributed by atoms with Gasteiger partial charge >= 0.3 is 0 Å². The normalized spacial score (nSPS) is 25.3. The van der Waals surface area contributed by atoms with Crippen LogP contribution in [-0.4, -0.2) is 42.8 Å². The van der Waals surface area contributed by atoms with Gasteiger partial charge in [-0.2, -0.15) is 0 Å². The van der Waals surface area contributed by atoms with Crippen LogP contribution in [0.5, 0.6) is 0 Å². The summed E-state index contributed by atoms with van der Waals surface area (Å²) in [7, 11) is -2.90. The van der Waals surface area contributed by atoms with E-state index in [0.29, 0.717) is 6.42 Å². The maximum absolute atomic E-state index is 11.3. The summed E-state index contributed by atoms with van der Waals surface area (Å²) in [6.07, 6.45) is 0.583. The third kappa shape index (κ3) is 2.47. The highest BCUT2D eigenvalue weighted by Gasteiger charge is 2.34. The summed E-state index contributed by atoms with van der Waals surface area (Å²) >= 11 is 0. The van der Waals surface area contributed by atoms with E-state index in [-0.39, 0.29) is 29.5 Å². The number of rotatable bonds is 2. The van der Waals surface area contributed by atoms with E-state index in [2.05, 4.69) is 0 Å². The van der Waals surface area contributed by atoms with Gasteiger partial charge in [0.05, 0.1) is 11.5 Å². The Morgan fingerprint density at radius 2 is 2.00 bits per heavy atom. The van der Waals surface area contributed by atoms with Crippen molar-refractivity contribution in [1.29, 1.82) is 0 Å². The van der Waals surface area contributed by atoms with Crippen LogP contribution in [0, 0.1) is 0 Å². The molecule has 4 nitrogen and oxygen atoms in total. The molecule has 0 aromatic carbocycles. The van der Waals surface area contributed by atoms with Gasteiger partial charge in [-0.15, -0.1) is 0 Å². The van der Waals surface area contributed by atoms with Gasteiger partial charge in [-0.05, 0) is 20.3 Å². The zero-order valence-electron chi connectivity index (χ0n) is 8.86. The Kier molecular flexibility index (Phi) is 3.19. The van der Waals surface area contributed by atoms with Gasteiger partial charge in [0.1, 0.15) is 0 Å². The molecule has 0 aromatic heterocycles. The van der Waals surface area contributed by atoms with Gasteiger partial charge in [-0.1, -0.05) is 0 Å². The van der Waals surface area contributed by atoms with Crippen LogP contribution in [0.2, 0.25) is 0 Å². The van der Waals surface area contributed by atoms with Crippen molar-refractivity contribution in [1.82, 2.24) is 4.90 Å². The molecule has 0 saturated carbocycles. The third-order valence-electron chi connectivity index (χ3n) is 2.52. The molecule has 1 aliphatic rings.